The van der Waals surface area contributed by atoms with Gasteiger partial charge in [0.25, 0.3) is 0 Å². The predicted octanol–water partition coefficient (Wildman–Crippen LogP) is 6.60. The maximum absolute atomic E-state index is 4.52. The zero-order valence-electron chi connectivity index (χ0n) is 13.1. The summed E-state index contributed by atoms with van der Waals surface area (Å²) >= 11 is 9.04. The third kappa shape index (κ3) is 1.78. The highest BCUT2D eigenvalue weighted by Gasteiger charge is 2.15. The summed E-state index contributed by atoms with van der Waals surface area (Å²) in [6.45, 7) is 0. The molecule has 0 aliphatic carbocycles. The second kappa shape index (κ2) is 5.30. The predicted molar refractivity (Wildman–Crippen MR) is 113 cm³/mol. The lowest BCUT2D eigenvalue weighted by atomic mass is 9.87. The molecular formula is C22H16S2. The molecular weight excluding hydrogens is 328 g/mol. The van der Waals surface area contributed by atoms with E-state index in [4.69, 9.17) is 0 Å². The van der Waals surface area contributed by atoms with Crippen molar-refractivity contribution in [2.45, 2.75) is 11.5 Å². The lowest BCUT2D eigenvalue weighted by Gasteiger charge is -2.17. The zero-order chi connectivity index (χ0) is 16.3. The van der Waals surface area contributed by atoms with Crippen LogP contribution in [-0.4, -0.2) is 0 Å². The molecule has 0 aliphatic rings. The molecule has 0 fully saturated rings. The van der Waals surface area contributed by atoms with Gasteiger partial charge >= 0.3 is 0 Å². The minimum atomic E-state index is 0.760. The molecule has 0 atom stereocenters. The number of hydrogen-bond acceptors (Lipinski definition) is 2. The Bertz CT molecular complexity index is 1100. The van der Waals surface area contributed by atoms with E-state index < -0.39 is 0 Å². The number of benzene rings is 5. The fourth-order valence-corrected chi connectivity index (χ4v) is 4.66. The average Bonchev–Trinajstić information content (AvgIpc) is 2.65. The fraction of sp³-hybridized carbons (Fsp3) is 0.0909. The van der Waals surface area contributed by atoms with Gasteiger partial charge in [-0.1, -0.05) is 60.7 Å². The van der Waals surface area contributed by atoms with Gasteiger partial charge in [-0.15, -0.1) is 0 Å². The second-order valence-corrected chi connectivity index (χ2v) is 6.95. The van der Waals surface area contributed by atoms with Crippen LogP contribution < -0.4 is 0 Å². The summed E-state index contributed by atoms with van der Waals surface area (Å²) < 4.78 is 0. The Hall–Kier alpha value is -1.90. The van der Waals surface area contributed by atoms with Crippen LogP contribution in [0.1, 0.15) is 11.1 Å². The highest BCUT2D eigenvalue weighted by atomic mass is 32.1. The molecule has 0 N–H and O–H groups in total. The first-order valence-electron chi connectivity index (χ1n) is 8.15. The van der Waals surface area contributed by atoms with E-state index in [0.717, 1.165) is 11.5 Å². The fourth-order valence-electron chi connectivity index (χ4n) is 4.11. The van der Waals surface area contributed by atoms with Crippen LogP contribution in [0.4, 0.5) is 0 Å². The van der Waals surface area contributed by atoms with Gasteiger partial charge in [-0.25, -0.2) is 0 Å². The van der Waals surface area contributed by atoms with Crippen molar-refractivity contribution < 1.29 is 0 Å². The first-order valence-corrected chi connectivity index (χ1v) is 9.41. The Labute approximate surface area is 151 Å². The molecule has 0 aliphatic heterocycles. The van der Waals surface area contributed by atoms with Crippen molar-refractivity contribution in [3.8, 4) is 0 Å². The van der Waals surface area contributed by atoms with Crippen LogP contribution in [0.15, 0.2) is 60.7 Å². The van der Waals surface area contributed by atoms with Crippen molar-refractivity contribution in [1.82, 2.24) is 0 Å². The van der Waals surface area contributed by atoms with E-state index in [9.17, 15) is 0 Å². The number of rotatable bonds is 2. The van der Waals surface area contributed by atoms with Gasteiger partial charge in [0, 0.05) is 11.5 Å². The smallest absolute Gasteiger partial charge is 0.0160 e. The summed E-state index contributed by atoms with van der Waals surface area (Å²) in [6, 6.07) is 22.3. The van der Waals surface area contributed by atoms with Crippen LogP contribution in [0, 0.1) is 0 Å². The molecule has 0 amide bonds. The molecule has 0 radical (unpaired) electrons. The molecule has 0 bridgehead atoms. The standard InChI is InChI=1S/C22H16S2/c23-11-13-7-10-20-18-6-2-4-16-14(12-24)8-9-19(22(16)18)17-5-1-3-15(13)21(17)20/h1-10,23-24H,11-12H2. The lowest BCUT2D eigenvalue weighted by molar-refractivity contribution is 1.49. The van der Waals surface area contributed by atoms with E-state index in [1.165, 1.54) is 54.2 Å². The van der Waals surface area contributed by atoms with E-state index in [1.54, 1.807) is 0 Å². The monoisotopic (exact) mass is 344 g/mol. The second-order valence-electron chi connectivity index (χ2n) is 6.32. The normalized spacial score (nSPS) is 12.1. The van der Waals surface area contributed by atoms with Crippen molar-refractivity contribution in [3.05, 3.63) is 71.8 Å². The van der Waals surface area contributed by atoms with Gasteiger partial charge in [-0.05, 0) is 54.2 Å². The summed E-state index contributed by atoms with van der Waals surface area (Å²) in [6.07, 6.45) is 0. The largest absolute Gasteiger partial charge is 0.175 e. The Balaban J connectivity index is 2.17. The van der Waals surface area contributed by atoms with E-state index in [2.05, 4.69) is 85.9 Å². The Morgan fingerprint density at radius 2 is 0.833 bits per heavy atom. The van der Waals surface area contributed by atoms with E-state index in [-0.39, 0.29) is 0 Å². The van der Waals surface area contributed by atoms with Crippen LogP contribution >= 0.6 is 25.3 Å². The van der Waals surface area contributed by atoms with Crippen molar-refractivity contribution in [2.24, 2.45) is 0 Å². The van der Waals surface area contributed by atoms with Gasteiger partial charge in [-0.3, -0.25) is 0 Å². The number of thiol groups is 2. The molecule has 0 nitrogen and oxygen atoms in total. The summed E-state index contributed by atoms with van der Waals surface area (Å²) in [4.78, 5) is 0. The third-order valence-electron chi connectivity index (χ3n) is 5.18. The average molecular weight is 345 g/mol. The van der Waals surface area contributed by atoms with E-state index in [1.807, 2.05) is 0 Å². The Morgan fingerprint density at radius 1 is 0.458 bits per heavy atom. The molecule has 0 saturated carbocycles. The van der Waals surface area contributed by atoms with E-state index in [0.29, 0.717) is 0 Å². The summed E-state index contributed by atoms with van der Waals surface area (Å²) in [5.74, 6) is 1.52. The molecule has 24 heavy (non-hydrogen) atoms. The minimum absolute atomic E-state index is 0.760. The maximum Gasteiger partial charge on any atom is 0.0160 e. The SMILES string of the molecule is SCc1ccc2c3cccc4c(CS)ccc(c5cccc1c52)c43. The van der Waals surface area contributed by atoms with Crippen molar-refractivity contribution in [3.63, 3.8) is 0 Å². The highest BCUT2D eigenvalue weighted by Crippen LogP contribution is 2.42. The van der Waals surface area contributed by atoms with Crippen molar-refractivity contribution in [1.29, 1.82) is 0 Å². The Kier molecular flexibility index (Phi) is 3.19. The summed E-state index contributed by atoms with van der Waals surface area (Å²) in [5, 5.41) is 10.7. The molecule has 0 unspecified atom stereocenters. The van der Waals surface area contributed by atoms with Gasteiger partial charge in [0.15, 0.2) is 0 Å². The van der Waals surface area contributed by atoms with Crippen LogP contribution in [-0.2, 0) is 11.5 Å². The van der Waals surface area contributed by atoms with Crippen molar-refractivity contribution >= 4 is 68.3 Å². The molecule has 5 rings (SSSR count). The number of hydrogen-bond donors (Lipinski definition) is 2. The zero-order valence-corrected chi connectivity index (χ0v) is 14.9. The molecule has 2 heteroatoms. The topological polar surface area (TPSA) is 0 Å². The maximum atomic E-state index is 4.52. The molecule has 5 aromatic rings. The number of fused-ring (bicyclic) bond motifs is 2. The lowest BCUT2D eigenvalue weighted by Crippen LogP contribution is -1.91. The first-order chi connectivity index (χ1) is 11.8. The van der Waals surface area contributed by atoms with Crippen LogP contribution in [0.5, 0.6) is 0 Å². The molecule has 0 spiro atoms. The van der Waals surface area contributed by atoms with Gasteiger partial charge in [-0.2, -0.15) is 25.3 Å². The first kappa shape index (κ1) is 14.4. The van der Waals surface area contributed by atoms with Crippen LogP contribution in [0.25, 0.3) is 43.1 Å². The molecule has 0 saturated heterocycles. The molecule has 116 valence electrons. The molecule has 5 aromatic carbocycles. The summed E-state index contributed by atoms with van der Waals surface area (Å²) in [5.41, 5.74) is 2.59. The van der Waals surface area contributed by atoms with Gasteiger partial charge in [0.1, 0.15) is 0 Å². The van der Waals surface area contributed by atoms with Crippen LogP contribution in [0.3, 0.4) is 0 Å². The minimum Gasteiger partial charge on any atom is -0.175 e. The van der Waals surface area contributed by atoms with Crippen molar-refractivity contribution in [2.75, 3.05) is 0 Å². The molecule has 0 aromatic heterocycles. The van der Waals surface area contributed by atoms with E-state index >= 15 is 0 Å². The third-order valence-corrected chi connectivity index (χ3v) is 5.86. The van der Waals surface area contributed by atoms with Gasteiger partial charge in [0.05, 0.1) is 0 Å². The van der Waals surface area contributed by atoms with Crippen LogP contribution in [0.2, 0.25) is 0 Å². The summed E-state index contributed by atoms with van der Waals surface area (Å²) in [7, 11) is 0. The van der Waals surface area contributed by atoms with Gasteiger partial charge < -0.3 is 0 Å². The quantitative estimate of drug-likeness (QED) is 0.201. The molecule has 0 heterocycles. The van der Waals surface area contributed by atoms with Gasteiger partial charge in [0.2, 0.25) is 0 Å². The Morgan fingerprint density at radius 3 is 1.25 bits per heavy atom. The highest BCUT2D eigenvalue weighted by molar-refractivity contribution is 7.79.